The van der Waals surface area contributed by atoms with Crippen molar-refractivity contribution in [1.29, 1.82) is 0 Å². The van der Waals surface area contributed by atoms with Crippen molar-refractivity contribution < 1.29 is 14.3 Å². The maximum Gasteiger partial charge on any atom is 0.410 e. The predicted octanol–water partition coefficient (Wildman–Crippen LogP) is 3.39. The van der Waals surface area contributed by atoms with Crippen molar-refractivity contribution in [3.63, 3.8) is 0 Å². The monoisotopic (exact) mass is 528 g/mol. The number of halogens is 2. The number of piperidine rings is 1. The molecule has 3 heterocycles. The molecule has 0 radical (unpaired) electrons. The van der Waals surface area contributed by atoms with Gasteiger partial charge in [-0.15, -0.1) is 11.6 Å². The van der Waals surface area contributed by atoms with Crippen molar-refractivity contribution >= 4 is 50.9 Å². The Morgan fingerprint density at radius 3 is 2.56 bits per heavy atom. The highest BCUT2D eigenvalue weighted by molar-refractivity contribution is 9.10. The molecule has 0 aliphatic carbocycles. The lowest BCUT2D eigenvalue weighted by molar-refractivity contribution is -0.131. The van der Waals surface area contributed by atoms with Crippen LogP contribution in [0, 0.1) is 0 Å². The molecular weight excluding hydrogens is 500 g/mol. The second-order valence-corrected chi connectivity index (χ2v) is 10.0. The van der Waals surface area contributed by atoms with Gasteiger partial charge in [-0.25, -0.2) is 14.3 Å². The summed E-state index contributed by atoms with van der Waals surface area (Å²) in [6.45, 7) is 7.85. The van der Waals surface area contributed by atoms with E-state index in [1.54, 1.807) is 22.7 Å². The Bertz CT molecular complexity index is 955. The largest absolute Gasteiger partial charge is 0.444 e. The predicted molar refractivity (Wildman–Crippen MR) is 127 cm³/mol. The van der Waals surface area contributed by atoms with Crippen molar-refractivity contribution in [2.45, 2.75) is 45.3 Å². The van der Waals surface area contributed by atoms with Crippen molar-refractivity contribution in [2.75, 3.05) is 44.0 Å². The highest BCUT2D eigenvalue weighted by Crippen LogP contribution is 2.24. The summed E-state index contributed by atoms with van der Waals surface area (Å²) in [5.41, 5.74) is 1.21. The van der Waals surface area contributed by atoms with E-state index in [2.05, 4.69) is 30.9 Å². The quantitative estimate of drug-likeness (QED) is 0.534. The Hall–Kier alpha value is -2.07. The third-order valence-electron chi connectivity index (χ3n) is 5.39. The van der Waals surface area contributed by atoms with E-state index >= 15 is 0 Å². The molecule has 1 fully saturated rings. The zero-order valence-electron chi connectivity index (χ0n) is 18.9. The number of carbonyl (C=O) groups is 2. The molecule has 0 bridgehead atoms. The van der Waals surface area contributed by atoms with Crippen molar-refractivity contribution in [3.05, 3.63) is 23.1 Å². The third kappa shape index (κ3) is 6.04. The van der Waals surface area contributed by atoms with Crippen LogP contribution in [-0.4, -0.2) is 87.1 Å². The molecule has 1 saturated heterocycles. The number of amides is 2. The van der Waals surface area contributed by atoms with Crippen LogP contribution in [0.25, 0.3) is 5.65 Å². The lowest BCUT2D eigenvalue weighted by Crippen LogP contribution is -2.50. The van der Waals surface area contributed by atoms with Crippen LogP contribution in [0.5, 0.6) is 0 Å². The lowest BCUT2D eigenvalue weighted by atomic mass is 10.0. The standard InChI is InChI=1S/C21H30BrClN6O3/c1-21(2,3)32-20(31)26(4)9-10-28(18(30)11-23)15-5-7-27(8-6-15)16-12-24-19-17(22)13-25-29(19)14-16/h12-15H,5-11H2,1-4H3. The summed E-state index contributed by atoms with van der Waals surface area (Å²) in [5, 5.41) is 4.30. The molecule has 11 heteroatoms. The number of hydrogen-bond donors (Lipinski definition) is 0. The maximum absolute atomic E-state index is 12.5. The first-order valence-electron chi connectivity index (χ1n) is 10.6. The molecule has 3 rings (SSSR count). The number of fused-ring (bicyclic) bond motifs is 1. The first kappa shape index (κ1) is 24.6. The van der Waals surface area contributed by atoms with Gasteiger partial charge in [0.15, 0.2) is 5.65 Å². The summed E-state index contributed by atoms with van der Waals surface area (Å²) in [6, 6.07) is 0.0695. The molecule has 2 amide bonds. The van der Waals surface area contributed by atoms with E-state index in [1.165, 1.54) is 4.90 Å². The molecule has 2 aromatic rings. The van der Waals surface area contributed by atoms with Crippen LogP contribution in [-0.2, 0) is 9.53 Å². The summed E-state index contributed by atoms with van der Waals surface area (Å²) in [6.07, 6.45) is 6.74. The molecular formula is C21H30BrClN6O3. The van der Waals surface area contributed by atoms with Crippen molar-refractivity contribution in [2.24, 2.45) is 0 Å². The van der Waals surface area contributed by atoms with Gasteiger partial charge in [-0.2, -0.15) is 5.10 Å². The van der Waals surface area contributed by atoms with Crippen LogP contribution in [0.1, 0.15) is 33.6 Å². The molecule has 0 N–H and O–H groups in total. The molecule has 0 saturated carbocycles. The van der Waals surface area contributed by atoms with Crippen LogP contribution in [0.2, 0.25) is 0 Å². The number of carbonyl (C=O) groups excluding carboxylic acids is 2. The zero-order valence-corrected chi connectivity index (χ0v) is 21.3. The lowest BCUT2D eigenvalue weighted by Gasteiger charge is -2.39. The number of hydrogen-bond acceptors (Lipinski definition) is 6. The van der Waals surface area contributed by atoms with Crippen LogP contribution in [0.15, 0.2) is 23.1 Å². The Kier molecular flexibility index (Phi) is 7.87. The summed E-state index contributed by atoms with van der Waals surface area (Å²) in [7, 11) is 1.68. The topological polar surface area (TPSA) is 83.3 Å². The summed E-state index contributed by atoms with van der Waals surface area (Å²) in [5.74, 6) is -0.197. The number of ether oxygens (including phenoxy) is 1. The van der Waals surface area contributed by atoms with Gasteiger partial charge in [0.25, 0.3) is 0 Å². The van der Waals surface area contributed by atoms with Gasteiger partial charge < -0.3 is 19.4 Å². The molecule has 0 aromatic carbocycles. The van der Waals surface area contributed by atoms with Crippen molar-refractivity contribution in [1.82, 2.24) is 24.4 Å². The highest BCUT2D eigenvalue weighted by Gasteiger charge is 2.29. The number of anilines is 1. The Morgan fingerprint density at radius 1 is 1.25 bits per heavy atom. The van der Waals surface area contributed by atoms with Gasteiger partial charge >= 0.3 is 6.09 Å². The van der Waals surface area contributed by atoms with Crippen LogP contribution < -0.4 is 4.90 Å². The van der Waals surface area contributed by atoms with E-state index in [1.807, 2.05) is 33.2 Å². The van der Waals surface area contributed by atoms with Gasteiger partial charge in [0.2, 0.25) is 5.91 Å². The Balaban J connectivity index is 1.59. The molecule has 2 aromatic heterocycles. The number of aromatic nitrogens is 3. The third-order valence-corrected chi connectivity index (χ3v) is 6.17. The second-order valence-electron chi connectivity index (χ2n) is 8.91. The van der Waals surface area contributed by atoms with E-state index in [9.17, 15) is 9.59 Å². The highest BCUT2D eigenvalue weighted by atomic mass is 79.9. The summed E-state index contributed by atoms with van der Waals surface area (Å²) < 4.78 is 8.00. The van der Waals surface area contributed by atoms with Gasteiger partial charge in [0.1, 0.15) is 11.5 Å². The molecule has 32 heavy (non-hydrogen) atoms. The fourth-order valence-electron chi connectivity index (χ4n) is 3.71. The zero-order chi connectivity index (χ0) is 23.5. The number of alkyl halides is 1. The van der Waals surface area contributed by atoms with Gasteiger partial charge in [0, 0.05) is 39.3 Å². The Morgan fingerprint density at radius 2 is 1.94 bits per heavy atom. The molecule has 1 aliphatic heterocycles. The van der Waals surface area contributed by atoms with Crippen LogP contribution in [0.4, 0.5) is 10.5 Å². The number of likely N-dealkylation sites (N-methyl/N-ethyl adjacent to an activating group) is 1. The normalized spacial score (nSPS) is 15.1. The number of rotatable bonds is 6. The fraction of sp³-hybridized carbons (Fsp3) is 0.619. The SMILES string of the molecule is CN(CCN(C(=O)CCl)C1CCN(c2cnc3c(Br)cnn3c2)CC1)C(=O)OC(C)(C)C. The molecule has 0 spiro atoms. The minimum Gasteiger partial charge on any atom is -0.444 e. The van der Waals surface area contributed by atoms with E-state index in [-0.39, 0.29) is 17.8 Å². The average Bonchev–Trinajstić information content (AvgIpc) is 3.12. The minimum atomic E-state index is -0.562. The second kappa shape index (κ2) is 10.2. The fourth-order valence-corrected chi connectivity index (χ4v) is 4.24. The first-order valence-corrected chi connectivity index (χ1v) is 11.9. The molecule has 0 atom stereocenters. The van der Waals surface area contributed by atoms with Crippen LogP contribution >= 0.6 is 27.5 Å². The van der Waals surface area contributed by atoms with E-state index in [4.69, 9.17) is 16.3 Å². The molecule has 176 valence electrons. The molecule has 9 nitrogen and oxygen atoms in total. The van der Waals surface area contributed by atoms with Gasteiger partial charge in [-0.1, -0.05) is 0 Å². The van der Waals surface area contributed by atoms with Gasteiger partial charge in [-0.05, 0) is 49.5 Å². The Labute approximate surface area is 201 Å². The molecule has 0 unspecified atom stereocenters. The summed E-state index contributed by atoms with van der Waals surface area (Å²) >= 11 is 9.32. The first-order chi connectivity index (χ1) is 15.1. The summed E-state index contributed by atoms with van der Waals surface area (Å²) in [4.78, 5) is 34.8. The van der Waals surface area contributed by atoms with E-state index in [0.29, 0.717) is 13.1 Å². The van der Waals surface area contributed by atoms with E-state index in [0.717, 1.165) is 41.7 Å². The number of nitrogens with zero attached hydrogens (tertiary/aromatic N) is 6. The van der Waals surface area contributed by atoms with Crippen molar-refractivity contribution in [3.8, 4) is 0 Å². The molecule has 1 aliphatic rings. The van der Waals surface area contributed by atoms with E-state index < -0.39 is 11.7 Å². The van der Waals surface area contributed by atoms with Crippen LogP contribution in [0.3, 0.4) is 0 Å². The van der Waals surface area contributed by atoms with Gasteiger partial charge in [0.05, 0.1) is 28.8 Å². The smallest absolute Gasteiger partial charge is 0.410 e. The average molecular weight is 530 g/mol. The maximum atomic E-state index is 12.5. The minimum absolute atomic E-state index is 0.0695. The van der Waals surface area contributed by atoms with Gasteiger partial charge in [-0.3, -0.25) is 4.79 Å².